The Balaban J connectivity index is 3.12. The quantitative estimate of drug-likeness (QED) is 0.527. The first-order valence-corrected chi connectivity index (χ1v) is 2.52. The van der Waals surface area contributed by atoms with E-state index in [2.05, 4.69) is 4.98 Å². The van der Waals surface area contributed by atoms with Gasteiger partial charge in [0.05, 0.1) is 0 Å². The number of nitrogens with one attached hydrogen (secondary N) is 1. The van der Waals surface area contributed by atoms with E-state index in [1.54, 1.807) is 0 Å². The Morgan fingerprint density at radius 3 is 2.57 bits per heavy atom. The molecule has 0 aromatic carbocycles. The molecule has 0 saturated heterocycles. The first-order chi connectivity index (χ1) is 3.30. The molecule has 0 aliphatic rings. The summed E-state index contributed by atoms with van der Waals surface area (Å²) in [6, 6.07) is 1.96. The van der Waals surface area contributed by atoms with Gasteiger partial charge in [0.25, 0.3) is 0 Å². The average molecular weight is 112 g/mol. The molecule has 2 heteroatoms. The Bertz CT molecular complexity index is 140. The molecule has 37 valence electrons. The molecule has 1 rings (SSSR count). The number of aryl methyl sites for hydroxylation is 1. The Morgan fingerprint density at radius 1 is 1.71 bits per heavy atom. The fraction of sp³-hybridized carbons (Fsp3) is 0.200. The van der Waals surface area contributed by atoms with E-state index < -0.39 is 0 Å². The Kier molecular flexibility index (Phi) is 1.02. The van der Waals surface area contributed by atoms with Gasteiger partial charge in [0.2, 0.25) is 0 Å². The second-order valence-corrected chi connectivity index (χ2v) is 1.90. The number of H-pyrrole nitrogens is 1. The van der Waals surface area contributed by atoms with Gasteiger partial charge < -0.3 is 4.98 Å². The van der Waals surface area contributed by atoms with E-state index in [9.17, 15) is 0 Å². The van der Waals surface area contributed by atoms with Gasteiger partial charge in [-0.25, -0.2) is 0 Å². The summed E-state index contributed by atoms with van der Waals surface area (Å²) in [6.07, 6.45) is 1.84. The minimum absolute atomic E-state index is 0.847. The van der Waals surface area contributed by atoms with Crippen LogP contribution >= 0.6 is 12.6 Å². The van der Waals surface area contributed by atoms with E-state index in [1.807, 2.05) is 19.2 Å². The summed E-state index contributed by atoms with van der Waals surface area (Å²) in [6.45, 7) is 1.98. The summed E-state index contributed by atoms with van der Waals surface area (Å²) < 4.78 is 0. The molecular formula is C5H6NS. The van der Waals surface area contributed by atoms with E-state index in [0.717, 1.165) is 10.6 Å². The number of rotatable bonds is 0. The molecule has 0 aliphatic carbocycles. The Morgan fingerprint density at radius 2 is 2.43 bits per heavy atom. The third-order valence-corrected chi connectivity index (χ3v) is 1.35. The second kappa shape index (κ2) is 1.54. The largest absolute Gasteiger partial charge is 0.353 e. The van der Waals surface area contributed by atoms with Gasteiger partial charge in [0.15, 0.2) is 0 Å². The van der Waals surface area contributed by atoms with Gasteiger partial charge in [0.1, 0.15) is 5.03 Å². The maximum atomic E-state index is 4.83. The minimum atomic E-state index is 0.847. The number of hydrogen-bond donors (Lipinski definition) is 1. The molecule has 1 N–H and O–H groups in total. The molecule has 0 amide bonds. The molecule has 0 saturated carbocycles. The molecule has 1 aromatic rings. The van der Waals surface area contributed by atoms with Crippen LogP contribution in [0.1, 0.15) is 5.56 Å². The zero-order chi connectivity index (χ0) is 5.28. The van der Waals surface area contributed by atoms with Crippen LogP contribution in [0, 0.1) is 6.92 Å². The second-order valence-electron chi connectivity index (χ2n) is 1.49. The van der Waals surface area contributed by atoms with Gasteiger partial charge in [-0.15, -0.1) is 0 Å². The molecule has 0 unspecified atom stereocenters. The summed E-state index contributed by atoms with van der Waals surface area (Å²) in [5.41, 5.74) is 1.15. The minimum Gasteiger partial charge on any atom is -0.353 e. The van der Waals surface area contributed by atoms with Crippen LogP contribution in [-0.4, -0.2) is 4.98 Å². The van der Waals surface area contributed by atoms with Crippen LogP contribution in [0.4, 0.5) is 0 Å². The molecule has 0 spiro atoms. The van der Waals surface area contributed by atoms with E-state index in [-0.39, 0.29) is 0 Å². The topological polar surface area (TPSA) is 15.8 Å². The van der Waals surface area contributed by atoms with E-state index in [0.29, 0.717) is 0 Å². The number of aromatic nitrogens is 1. The van der Waals surface area contributed by atoms with Crippen molar-refractivity contribution >= 4 is 12.6 Å². The lowest BCUT2D eigenvalue weighted by Gasteiger charge is -1.78. The SMILES string of the molecule is Cc1cc[nH]c1[S]. The van der Waals surface area contributed by atoms with Crippen molar-refractivity contribution in [2.75, 3.05) is 0 Å². The van der Waals surface area contributed by atoms with Gasteiger partial charge in [0, 0.05) is 6.20 Å². The van der Waals surface area contributed by atoms with Crippen LogP contribution in [-0.2, 0) is 0 Å². The molecule has 1 nitrogen and oxygen atoms in total. The molecule has 0 atom stereocenters. The third-order valence-electron chi connectivity index (χ3n) is 0.906. The van der Waals surface area contributed by atoms with E-state index in [4.69, 9.17) is 12.6 Å². The molecule has 1 heterocycles. The van der Waals surface area contributed by atoms with Crippen LogP contribution in [0.5, 0.6) is 0 Å². The Labute approximate surface area is 48.2 Å². The van der Waals surface area contributed by atoms with Crippen LogP contribution in [0.2, 0.25) is 0 Å². The highest BCUT2D eigenvalue weighted by Crippen LogP contribution is 2.06. The summed E-state index contributed by atoms with van der Waals surface area (Å²) >= 11 is 4.83. The first-order valence-electron chi connectivity index (χ1n) is 2.11. The van der Waals surface area contributed by atoms with Crippen LogP contribution in [0.25, 0.3) is 0 Å². The van der Waals surface area contributed by atoms with Crippen molar-refractivity contribution in [3.05, 3.63) is 17.8 Å². The van der Waals surface area contributed by atoms with Gasteiger partial charge in [-0.05, 0) is 18.6 Å². The van der Waals surface area contributed by atoms with Gasteiger partial charge in [-0.3, -0.25) is 0 Å². The molecular weight excluding hydrogens is 106 g/mol. The predicted octanol–water partition coefficient (Wildman–Crippen LogP) is 1.88. The lowest BCUT2D eigenvalue weighted by atomic mass is 10.4. The van der Waals surface area contributed by atoms with Crippen molar-refractivity contribution in [2.24, 2.45) is 0 Å². The monoisotopic (exact) mass is 112 g/mol. The molecule has 1 aromatic heterocycles. The molecule has 1 radical (unpaired) electrons. The fourth-order valence-electron chi connectivity index (χ4n) is 0.432. The number of hydrogen-bond acceptors (Lipinski definition) is 0. The number of aromatic amines is 1. The maximum Gasteiger partial charge on any atom is 0.106 e. The fourth-order valence-corrected chi connectivity index (χ4v) is 0.568. The van der Waals surface area contributed by atoms with Crippen molar-refractivity contribution in [1.82, 2.24) is 4.98 Å². The Hall–Kier alpha value is -0.500. The van der Waals surface area contributed by atoms with Gasteiger partial charge >= 0.3 is 0 Å². The lowest BCUT2D eigenvalue weighted by Crippen LogP contribution is -1.62. The van der Waals surface area contributed by atoms with Crippen LogP contribution in [0.3, 0.4) is 0 Å². The molecule has 0 aliphatic heterocycles. The third kappa shape index (κ3) is 0.747. The summed E-state index contributed by atoms with van der Waals surface area (Å²) in [7, 11) is 0. The van der Waals surface area contributed by atoms with Crippen molar-refractivity contribution in [1.29, 1.82) is 0 Å². The highest BCUT2D eigenvalue weighted by molar-refractivity contribution is 7.80. The average Bonchev–Trinajstić information content (AvgIpc) is 1.91. The lowest BCUT2D eigenvalue weighted by molar-refractivity contribution is 1.17. The van der Waals surface area contributed by atoms with Gasteiger partial charge in [-0.2, -0.15) is 0 Å². The van der Waals surface area contributed by atoms with Gasteiger partial charge in [-0.1, -0.05) is 12.6 Å². The molecule has 0 fully saturated rings. The van der Waals surface area contributed by atoms with E-state index in [1.165, 1.54) is 0 Å². The van der Waals surface area contributed by atoms with Crippen molar-refractivity contribution in [3.63, 3.8) is 0 Å². The zero-order valence-electron chi connectivity index (χ0n) is 4.06. The highest BCUT2D eigenvalue weighted by atomic mass is 32.1. The predicted molar refractivity (Wildman–Crippen MR) is 31.4 cm³/mol. The summed E-state index contributed by atoms with van der Waals surface area (Å²) in [5, 5.41) is 0.847. The highest BCUT2D eigenvalue weighted by Gasteiger charge is 1.88. The smallest absolute Gasteiger partial charge is 0.106 e. The van der Waals surface area contributed by atoms with Crippen LogP contribution < -0.4 is 0 Å². The summed E-state index contributed by atoms with van der Waals surface area (Å²) in [4.78, 5) is 2.88. The standard InChI is InChI=1S/C5H6NS/c1-4-2-3-6-5(4)7/h2-3,6H,1H3. The van der Waals surface area contributed by atoms with Crippen molar-refractivity contribution < 1.29 is 0 Å². The van der Waals surface area contributed by atoms with Crippen LogP contribution in [0.15, 0.2) is 17.3 Å². The maximum absolute atomic E-state index is 4.83. The van der Waals surface area contributed by atoms with Crippen molar-refractivity contribution in [3.8, 4) is 0 Å². The summed E-state index contributed by atoms with van der Waals surface area (Å²) in [5.74, 6) is 0. The van der Waals surface area contributed by atoms with E-state index >= 15 is 0 Å². The normalized spacial score (nSPS) is 9.29. The molecule has 7 heavy (non-hydrogen) atoms. The van der Waals surface area contributed by atoms with Crippen molar-refractivity contribution in [2.45, 2.75) is 11.9 Å². The zero-order valence-corrected chi connectivity index (χ0v) is 4.88. The molecule has 0 bridgehead atoms. The first kappa shape index (κ1) is 4.65.